The van der Waals surface area contributed by atoms with Crippen LogP contribution < -0.4 is 11.1 Å². The van der Waals surface area contributed by atoms with Crippen molar-refractivity contribution in [1.82, 2.24) is 10.2 Å². The van der Waals surface area contributed by atoms with Crippen molar-refractivity contribution in [2.75, 3.05) is 32.7 Å². The molecule has 0 amide bonds. The predicted molar refractivity (Wildman–Crippen MR) is 73.1 cm³/mol. The summed E-state index contributed by atoms with van der Waals surface area (Å²) in [7, 11) is 0. The molecule has 1 saturated carbocycles. The fourth-order valence-corrected chi connectivity index (χ4v) is 2.99. The van der Waals surface area contributed by atoms with Gasteiger partial charge >= 0.3 is 0 Å². The summed E-state index contributed by atoms with van der Waals surface area (Å²) in [6.07, 6.45) is 8.02. The van der Waals surface area contributed by atoms with Gasteiger partial charge in [-0.1, -0.05) is 13.3 Å². The Labute approximate surface area is 106 Å². The van der Waals surface area contributed by atoms with Gasteiger partial charge in [0.05, 0.1) is 0 Å². The van der Waals surface area contributed by atoms with Crippen molar-refractivity contribution in [3.8, 4) is 0 Å². The fourth-order valence-electron chi connectivity index (χ4n) is 2.99. The van der Waals surface area contributed by atoms with Crippen LogP contribution in [0.1, 0.15) is 45.4 Å². The molecule has 0 spiro atoms. The largest absolute Gasteiger partial charge is 0.328 e. The maximum Gasteiger partial charge on any atom is 0.0107 e. The first-order valence-electron chi connectivity index (χ1n) is 7.43. The number of nitrogens with zero attached hydrogens (tertiary/aromatic N) is 1. The molecule has 0 bridgehead atoms. The van der Waals surface area contributed by atoms with Crippen LogP contribution in [0.2, 0.25) is 0 Å². The van der Waals surface area contributed by atoms with Crippen molar-refractivity contribution in [2.45, 2.75) is 51.5 Å². The molecule has 17 heavy (non-hydrogen) atoms. The smallest absolute Gasteiger partial charge is 0.0107 e. The van der Waals surface area contributed by atoms with Crippen molar-refractivity contribution >= 4 is 0 Å². The number of likely N-dealkylation sites (tertiary alicyclic amines) is 1. The van der Waals surface area contributed by atoms with Gasteiger partial charge in [0, 0.05) is 25.7 Å². The molecule has 0 aromatic carbocycles. The zero-order valence-corrected chi connectivity index (χ0v) is 11.4. The summed E-state index contributed by atoms with van der Waals surface area (Å²) in [4.78, 5) is 2.55. The Morgan fingerprint density at radius 3 is 2.59 bits per heavy atom. The van der Waals surface area contributed by atoms with Gasteiger partial charge < -0.3 is 16.0 Å². The molecule has 3 N–H and O–H groups in total. The molecule has 0 atom stereocenters. The summed E-state index contributed by atoms with van der Waals surface area (Å²) < 4.78 is 0. The molecule has 2 rings (SSSR count). The normalized spacial score (nSPS) is 25.1. The van der Waals surface area contributed by atoms with Gasteiger partial charge in [0.25, 0.3) is 0 Å². The minimum atomic E-state index is 0.457. The molecule has 0 aromatic heterocycles. The van der Waals surface area contributed by atoms with E-state index in [1.54, 1.807) is 0 Å². The highest BCUT2D eigenvalue weighted by atomic mass is 15.1. The Bertz CT molecular complexity index is 218. The SMILES string of the molecule is CCCC1(CNCCN2CCC(N)CC2)CC1. The lowest BCUT2D eigenvalue weighted by molar-refractivity contribution is 0.212. The Hall–Kier alpha value is -0.120. The third-order valence-electron chi connectivity index (χ3n) is 4.47. The van der Waals surface area contributed by atoms with Gasteiger partial charge in [-0.3, -0.25) is 0 Å². The minimum Gasteiger partial charge on any atom is -0.328 e. The number of piperidine rings is 1. The average Bonchev–Trinajstić information content (AvgIpc) is 3.08. The van der Waals surface area contributed by atoms with Gasteiger partial charge in [-0.05, 0) is 50.6 Å². The number of hydrogen-bond donors (Lipinski definition) is 2. The van der Waals surface area contributed by atoms with Gasteiger partial charge in [0.2, 0.25) is 0 Å². The van der Waals surface area contributed by atoms with E-state index in [0.29, 0.717) is 11.5 Å². The van der Waals surface area contributed by atoms with Crippen LogP contribution in [0.25, 0.3) is 0 Å². The topological polar surface area (TPSA) is 41.3 Å². The zero-order valence-electron chi connectivity index (χ0n) is 11.4. The molecular weight excluding hydrogens is 210 g/mol. The molecule has 3 nitrogen and oxygen atoms in total. The van der Waals surface area contributed by atoms with Gasteiger partial charge in [-0.2, -0.15) is 0 Å². The highest BCUT2D eigenvalue weighted by molar-refractivity contribution is 4.94. The summed E-state index contributed by atoms with van der Waals surface area (Å²) in [6, 6.07) is 0.457. The van der Waals surface area contributed by atoms with Crippen molar-refractivity contribution < 1.29 is 0 Å². The van der Waals surface area contributed by atoms with Gasteiger partial charge in [0.15, 0.2) is 0 Å². The number of hydrogen-bond acceptors (Lipinski definition) is 3. The second-order valence-corrected chi connectivity index (χ2v) is 6.11. The van der Waals surface area contributed by atoms with E-state index in [9.17, 15) is 0 Å². The number of nitrogens with one attached hydrogen (secondary N) is 1. The monoisotopic (exact) mass is 239 g/mol. The van der Waals surface area contributed by atoms with Crippen molar-refractivity contribution in [3.05, 3.63) is 0 Å². The van der Waals surface area contributed by atoms with Crippen LogP contribution in [-0.4, -0.2) is 43.7 Å². The maximum atomic E-state index is 5.91. The third-order valence-corrected chi connectivity index (χ3v) is 4.47. The van der Waals surface area contributed by atoms with E-state index in [4.69, 9.17) is 5.73 Å². The molecule has 100 valence electrons. The molecule has 0 radical (unpaired) electrons. The number of rotatable bonds is 7. The lowest BCUT2D eigenvalue weighted by atomic mass is 10.0. The zero-order chi connectivity index (χ0) is 12.1. The third kappa shape index (κ3) is 4.23. The van der Waals surface area contributed by atoms with Crippen LogP contribution >= 0.6 is 0 Å². The molecule has 1 aliphatic carbocycles. The average molecular weight is 239 g/mol. The van der Waals surface area contributed by atoms with Crippen LogP contribution in [0.5, 0.6) is 0 Å². The van der Waals surface area contributed by atoms with Crippen LogP contribution in [0.3, 0.4) is 0 Å². The Balaban J connectivity index is 1.52. The first kappa shape index (κ1) is 13.3. The summed E-state index contributed by atoms with van der Waals surface area (Å²) in [5.41, 5.74) is 6.60. The van der Waals surface area contributed by atoms with Crippen LogP contribution in [-0.2, 0) is 0 Å². The highest BCUT2D eigenvalue weighted by Crippen LogP contribution is 2.48. The Kier molecular flexibility index (Phi) is 4.83. The van der Waals surface area contributed by atoms with E-state index in [1.807, 2.05) is 0 Å². The molecule has 3 heteroatoms. The van der Waals surface area contributed by atoms with Gasteiger partial charge in [-0.15, -0.1) is 0 Å². The second kappa shape index (κ2) is 6.17. The quantitative estimate of drug-likeness (QED) is 0.663. The fraction of sp³-hybridized carbons (Fsp3) is 1.00. The van der Waals surface area contributed by atoms with Crippen LogP contribution in [0.15, 0.2) is 0 Å². The van der Waals surface area contributed by atoms with E-state index in [0.717, 1.165) is 6.54 Å². The van der Waals surface area contributed by atoms with E-state index in [-0.39, 0.29) is 0 Å². The summed E-state index contributed by atoms with van der Waals surface area (Å²) in [6.45, 7) is 8.30. The summed E-state index contributed by atoms with van der Waals surface area (Å²) in [5.74, 6) is 0. The molecule has 2 aliphatic rings. The molecule has 2 fully saturated rings. The van der Waals surface area contributed by atoms with Crippen molar-refractivity contribution in [1.29, 1.82) is 0 Å². The van der Waals surface area contributed by atoms with Crippen LogP contribution in [0, 0.1) is 5.41 Å². The lowest BCUT2D eigenvalue weighted by Crippen LogP contribution is -2.42. The second-order valence-electron chi connectivity index (χ2n) is 6.11. The van der Waals surface area contributed by atoms with E-state index in [1.165, 1.54) is 64.7 Å². The first-order chi connectivity index (χ1) is 8.24. The van der Waals surface area contributed by atoms with Crippen LogP contribution in [0.4, 0.5) is 0 Å². The molecular formula is C14H29N3. The predicted octanol–water partition coefficient (Wildman–Crippen LogP) is 1.58. The molecule has 0 aromatic rings. The Morgan fingerprint density at radius 1 is 1.29 bits per heavy atom. The molecule has 0 unspecified atom stereocenters. The van der Waals surface area contributed by atoms with Gasteiger partial charge in [-0.25, -0.2) is 0 Å². The maximum absolute atomic E-state index is 5.91. The highest BCUT2D eigenvalue weighted by Gasteiger charge is 2.40. The lowest BCUT2D eigenvalue weighted by Gasteiger charge is -2.30. The van der Waals surface area contributed by atoms with E-state index in [2.05, 4.69) is 17.1 Å². The number of nitrogens with two attached hydrogens (primary N) is 1. The van der Waals surface area contributed by atoms with Crippen molar-refractivity contribution in [2.24, 2.45) is 11.1 Å². The Morgan fingerprint density at radius 2 is 2.00 bits per heavy atom. The minimum absolute atomic E-state index is 0.457. The standard InChI is InChI=1S/C14H29N3/c1-2-5-14(6-7-14)12-16-8-11-17-9-3-13(15)4-10-17/h13,16H,2-12,15H2,1H3. The summed E-state index contributed by atoms with van der Waals surface area (Å²) in [5, 5.41) is 3.66. The van der Waals surface area contributed by atoms with E-state index < -0.39 is 0 Å². The van der Waals surface area contributed by atoms with Gasteiger partial charge in [0.1, 0.15) is 0 Å². The van der Waals surface area contributed by atoms with E-state index >= 15 is 0 Å². The first-order valence-corrected chi connectivity index (χ1v) is 7.43. The summed E-state index contributed by atoms with van der Waals surface area (Å²) >= 11 is 0. The molecule has 1 aliphatic heterocycles. The van der Waals surface area contributed by atoms with Crippen molar-refractivity contribution in [3.63, 3.8) is 0 Å². The molecule has 1 heterocycles. The molecule has 1 saturated heterocycles.